The summed E-state index contributed by atoms with van der Waals surface area (Å²) in [6, 6.07) is 35.6. The van der Waals surface area contributed by atoms with Crippen molar-refractivity contribution < 1.29 is 9.13 Å². The monoisotopic (exact) mass is 442 g/mol. The Hall–Kier alpha value is -2.96. The summed E-state index contributed by atoms with van der Waals surface area (Å²) in [5, 5.41) is 3.94. The summed E-state index contributed by atoms with van der Waals surface area (Å²) >= 11 is 0. The molecule has 0 saturated carbocycles. The van der Waals surface area contributed by atoms with Crippen molar-refractivity contribution in [3.63, 3.8) is 0 Å². The van der Waals surface area contributed by atoms with Crippen LogP contribution in [0.15, 0.2) is 103 Å². The van der Waals surface area contributed by atoms with Crippen LogP contribution in [-0.4, -0.2) is 5.60 Å². The zero-order valence-corrected chi connectivity index (χ0v) is 19.5. The predicted octanol–water partition coefficient (Wildman–Crippen LogP) is 5.77. The summed E-state index contributed by atoms with van der Waals surface area (Å²) in [6.45, 7) is 4.15. The first-order valence-electron chi connectivity index (χ1n) is 11.1. The van der Waals surface area contributed by atoms with Crippen LogP contribution in [0.25, 0.3) is 0 Å². The zero-order chi connectivity index (χ0) is 22.2. The number of benzene rings is 4. The van der Waals surface area contributed by atoms with Gasteiger partial charge in [0.1, 0.15) is 0 Å². The molecule has 0 aromatic heterocycles. The molecule has 1 heterocycles. The van der Waals surface area contributed by atoms with Gasteiger partial charge in [-0.15, -0.1) is 0 Å². The van der Waals surface area contributed by atoms with E-state index in [4.69, 9.17) is 4.74 Å². The fourth-order valence-electron chi connectivity index (χ4n) is 5.14. The van der Waals surface area contributed by atoms with Crippen LogP contribution in [-0.2, 0) is 12.6 Å². The standard InChI is InChI=1S/C29H28FOP/c1-29(2)20-22-18-24(30)19-23(28(22)31-29)21-32(25-12-6-3-7-13-25,26-14-8-4-9-15-26)27-16-10-5-11-17-27/h3-19,32H,20-21H2,1-2H3. The van der Waals surface area contributed by atoms with Gasteiger partial charge in [0.25, 0.3) is 0 Å². The average molecular weight is 443 g/mol. The summed E-state index contributed by atoms with van der Waals surface area (Å²) in [5.74, 6) is 0.688. The van der Waals surface area contributed by atoms with E-state index in [9.17, 15) is 4.39 Å². The molecular formula is C29H28FOP. The molecule has 32 heavy (non-hydrogen) atoms. The van der Waals surface area contributed by atoms with E-state index < -0.39 is 7.26 Å². The van der Waals surface area contributed by atoms with E-state index in [2.05, 4.69) is 105 Å². The van der Waals surface area contributed by atoms with Gasteiger partial charge in [0, 0.05) is 0 Å². The molecule has 4 aromatic rings. The van der Waals surface area contributed by atoms with Gasteiger partial charge in [0.2, 0.25) is 0 Å². The quantitative estimate of drug-likeness (QED) is 0.357. The molecule has 3 heteroatoms. The topological polar surface area (TPSA) is 9.23 Å². The number of rotatable bonds is 5. The Morgan fingerprint density at radius 1 is 0.750 bits per heavy atom. The Labute approximate surface area is 190 Å². The third kappa shape index (κ3) is 3.74. The normalized spacial score (nSPS) is 15.1. The van der Waals surface area contributed by atoms with Gasteiger partial charge in [-0.05, 0) is 0 Å². The van der Waals surface area contributed by atoms with Crippen molar-refractivity contribution in [1.29, 1.82) is 0 Å². The molecule has 0 saturated heterocycles. The molecule has 0 fully saturated rings. The fourth-order valence-corrected chi connectivity index (χ4v) is 9.87. The van der Waals surface area contributed by atoms with E-state index in [1.807, 2.05) is 0 Å². The molecule has 0 aliphatic carbocycles. The molecule has 0 atom stereocenters. The van der Waals surface area contributed by atoms with Gasteiger partial charge in [-0.3, -0.25) is 0 Å². The first-order valence-corrected chi connectivity index (χ1v) is 13.4. The molecule has 0 radical (unpaired) electrons. The number of hydrogen-bond acceptors (Lipinski definition) is 1. The van der Waals surface area contributed by atoms with Crippen LogP contribution in [0.3, 0.4) is 0 Å². The Kier molecular flexibility index (Phi) is 5.35. The van der Waals surface area contributed by atoms with E-state index in [-0.39, 0.29) is 11.4 Å². The van der Waals surface area contributed by atoms with Crippen LogP contribution < -0.4 is 20.7 Å². The molecular weight excluding hydrogens is 414 g/mol. The first-order chi connectivity index (χ1) is 15.5. The molecule has 0 bridgehead atoms. The molecule has 4 aromatic carbocycles. The van der Waals surface area contributed by atoms with E-state index in [0.29, 0.717) is 0 Å². The van der Waals surface area contributed by atoms with E-state index in [1.54, 1.807) is 12.1 Å². The van der Waals surface area contributed by atoms with Gasteiger partial charge in [-0.1, -0.05) is 0 Å². The van der Waals surface area contributed by atoms with Crippen LogP contribution in [0, 0.1) is 5.82 Å². The zero-order valence-electron chi connectivity index (χ0n) is 18.5. The summed E-state index contributed by atoms with van der Waals surface area (Å²) in [7, 11) is -2.52. The van der Waals surface area contributed by atoms with E-state index in [1.165, 1.54) is 15.9 Å². The van der Waals surface area contributed by atoms with Crippen LogP contribution in [0.2, 0.25) is 0 Å². The minimum absolute atomic E-state index is 0.183. The maximum atomic E-state index is 14.8. The Morgan fingerprint density at radius 3 is 1.69 bits per heavy atom. The molecule has 1 aliphatic heterocycles. The summed E-state index contributed by atoms with van der Waals surface area (Å²) in [6.07, 6.45) is 1.46. The minimum atomic E-state index is -2.52. The van der Waals surface area contributed by atoms with Crippen molar-refractivity contribution in [1.82, 2.24) is 0 Å². The second kappa shape index (κ2) is 8.19. The fraction of sp³-hybridized carbons (Fsp3) is 0.172. The summed E-state index contributed by atoms with van der Waals surface area (Å²) in [4.78, 5) is 0. The summed E-state index contributed by atoms with van der Waals surface area (Å²) in [5.41, 5.74) is 1.62. The van der Waals surface area contributed by atoms with Crippen molar-refractivity contribution in [2.45, 2.75) is 32.0 Å². The molecule has 162 valence electrons. The SMILES string of the molecule is CC1(C)Cc2cc(F)cc(C[PH](c3ccccc3)(c3ccccc3)c3ccccc3)c2O1. The first kappa shape index (κ1) is 20.9. The number of fused-ring (bicyclic) bond motifs is 1. The molecule has 1 aliphatic rings. The van der Waals surface area contributed by atoms with E-state index in [0.717, 1.165) is 29.5 Å². The Bertz CT molecular complexity index is 1120. The summed E-state index contributed by atoms with van der Waals surface area (Å²) < 4.78 is 21.2. The van der Waals surface area contributed by atoms with Gasteiger partial charge >= 0.3 is 190 Å². The van der Waals surface area contributed by atoms with Crippen molar-refractivity contribution in [2.24, 2.45) is 0 Å². The van der Waals surface area contributed by atoms with Crippen molar-refractivity contribution in [2.75, 3.05) is 0 Å². The second-order valence-electron chi connectivity index (χ2n) is 9.27. The Morgan fingerprint density at radius 2 is 1.22 bits per heavy atom. The molecule has 5 rings (SSSR count). The Balaban J connectivity index is 1.78. The van der Waals surface area contributed by atoms with Crippen LogP contribution in [0.1, 0.15) is 25.0 Å². The van der Waals surface area contributed by atoms with Crippen LogP contribution >= 0.6 is 7.26 Å². The van der Waals surface area contributed by atoms with Gasteiger partial charge in [-0.25, -0.2) is 0 Å². The molecule has 0 spiro atoms. The average Bonchev–Trinajstić information content (AvgIpc) is 3.13. The van der Waals surface area contributed by atoms with Crippen molar-refractivity contribution in [3.05, 3.63) is 120 Å². The van der Waals surface area contributed by atoms with Crippen LogP contribution in [0.5, 0.6) is 5.75 Å². The van der Waals surface area contributed by atoms with Gasteiger partial charge in [0.05, 0.1) is 0 Å². The van der Waals surface area contributed by atoms with Gasteiger partial charge in [-0.2, -0.15) is 0 Å². The number of ether oxygens (including phenoxy) is 1. The van der Waals surface area contributed by atoms with Crippen LogP contribution in [0.4, 0.5) is 4.39 Å². The van der Waals surface area contributed by atoms with Crippen molar-refractivity contribution >= 4 is 23.2 Å². The number of hydrogen-bond donors (Lipinski definition) is 0. The number of halogens is 1. The van der Waals surface area contributed by atoms with Gasteiger partial charge in [0.15, 0.2) is 0 Å². The van der Waals surface area contributed by atoms with E-state index >= 15 is 0 Å². The molecule has 0 amide bonds. The maximum absolute atomic E-state index is 14.8. The second-order valence-corrected chi connectivity index (χ2v) is 13.2. The molecule has 0 N–H and O–H groups in total. The molecule has 0 unspecified atom stereocenters. The third-order valence-electron chi connectivity index (χ3n) is 6.46. The predicted molar refractivity (Wildman–Crippen MR) is 135 cm³/mol. The van der Waals surface area contributed by atoms with Gasteiger partial charge < -0.3 is 0 Å². The van der Waals surface area contributed by atoms with Crippen molar-refractivity contribution in [3.8, 4) is 5.75 Å². The third-order valence-corrected chi connectivity index (χ3v) is 11.3. The molecule has 1 nitrogen and oxygen atoms in total.